The molecule has 0 heterocycles. The second-order valence-corrected chi connectivity index (χ2v) is 6.10. The second-order valence-electron chi connectivity index (χ2n) is 6.10. The van der Waals surface area contributed by atoms with Crippen LogP contribution in [0.5, 0.6) is 0 Å². The first kappa shape index (κ1) is 16.8. The summed E-state index contributed by atoms with van der Waals surface area (Å²) >= 11 is 0. The lowest BCUT2D eigenvalue weighted by atomic mass is 10.1. The standard InChI is InChI=1S/C18H29N3O/c1-4-19-18(20-13-17-7-5-6-15(2)12-17)21(3)10-11-22-14-16-8-9-16/h5-7,12,16H,4,8-11,13-14H2,1-3H3,(H,19,20). The number of guanidine groups is 1. The van der Waals surface area contributed by atoms with Crippen molar-refractivity contribution in [3.05, 3.63) is 35.4 Å². The van der Waals surface area contributed by atoms with E-state index >= 15 is 0 Å². The van der Waals surface area contributed by atoms with Crippen LogP contribution in [0.25, 0.3) is 0 Å². The van der Waals surface area contributed by atoms with Crippen molar-refractivity contribution in [1.29, 1.82) is 0 Å². The van der Waals surface area contributed by atoms with Gasteiger partial charge in [-0.15, -0.1) is 0 Å². The van der Waals surface area contributed by atoms with Crippen molar-refractivity contribution in [3.63, 3.8) is 0 Å². The molecule has 1 fully saturated rings. The minimum absolute atomic E-state index is 0.706. The number of nitrogens with zero attached hydrogens (tertiary/aromatic N) is 2. The average molecular weight is 303 g/mol. The Hall–Kier alpha value is -1.55. The van der Waals surface area contributed by atoms with Crippen molar-refractivity contribution in [1.82, 2.24) is 10.2 Å². The molecule has 0 spiro atoms. The quantitative estimate of drug-likeness (QED) is 0.456. The Bertz CT molecular complexity index is 483. The van der Waals surface area contributed by atoms with Gasteiger partial charge in [0.1, 0.15) is 0 Å². The first-order valence-corrected chi connectivity index (χ1v) is 8.31. The number of rotatable bonds is 8. The molecule has 4 heteroatoms. The molecule has 1 saturated carbocycles. The summed E-state index contributed by atoms with van der Waals surface area (Å²) < 4.78 is 5.71. The van der Waals surface area contributed by atoms with Gasteiger partial charge >= 0.3 is 0 Å². The highest BCUT2D eigenvalue weighted by atomic mass is 16.5. The molecule has 0 amide bonds. The number of nitrogens with one attached hydrogen (secondary N) is 1. The third kappa shape index (κ3) is 6.06. The molecule has 0 atom stereocenters. The maximum atomic E-state index is 5.71. The predicted molar refractivity (Wildman–Crippen MR) is 92.2 cm³/mol. The van der Waals surface area contributed by atoms with Crippen LogP contribution in [0.2, 0.25) is 0 Å². The number of hydrogen-bond donors (Lipinski definition) is 1. The van der Waals surface area contributed by atoms with E-state index < -0.39 is 0 Å². The lowest BCUT2D eigenvalue weighted by molar-refractivity contribution is 0.115. The van der Waals surface area contributed by atoms with Gasteiger partial charge in [0, 0.05) is 26.7 Å². The van der Waals surface area contributed by atoms with Crippen molar-refractivity contribution < 1.29 is 4.74 Å². The average Bonchev–Trinajstić information content (AvgIpc) is 3.32. The third-order valence-electron chi connectivity index (χ3n) is 3.81. The highest BCUT2D eigenvalue weighted by molar-refractivity contribution is 5.79. The number of hydrogen-bond acceptors (Lipinski definition) is 2. The van der Waals surface area contributed by atoms with Crippen molar-refractivity contribution in [2.75, 3.05) is 33.4 Å². The molecule has 1 aliphatic carbocycles. The monoisotopic (exact) mass is 303 g/mol. The van der Waals surface area contributed by atoms with Crippen LogP contribution in [0.3, 0.4) is 0 Å². The van der Waals surface area contributed by atoms with Crippen LogP contribution in [0.1, 0.15) is 30.9 Å². The molecule has 1 aromatic carbocycles. The fraction of sp³-hybridized carbons (Fsp3) is 0.611. The zero-order valence-corrected chi connectivity index (χ0v) is 14.1. The van der Waals surface area contributed by atoms with Gasteiger partial charge in [-0.3, -0.25) is 0 Å². The summed E-state index contributed by atoms with van der Waals surface area (Å²) in [7, 11) is 2.07. The Balaban J connectivity index is 1.81. The van der Waals surface area contributed by atoms with Crippen LogP contribution in [-0.4, -0.2) is 44.2 Å². The van der Waals surface area contributed by atoms with Crippen LogP contribution in [0.4, 0.5) is 0 Å². The molecular formula is C18H29N3O. The van der Waals surface area contributed by atoms with E-state index in [-0.39, 0.29) is 0 Å². The molecule has 1 aromatic rings. The highest BCUT2D eigenvalue weighted by Crippen LogP contribution is 2.28. The summed E-state index contributed by atoms with van der Waals surface area (Å²) in [5.41, 5.74) is 2.52. The van der Waals surface area contributed by atoms with Crippen LogP contribution < -0.4 is 5.32 Å². The molecule has 0 aliphatic heterocycles. The smallest absolute Gasteiger partial charge is 0.194 e. The largest absolute Gasteiger partial charge is 0.379 e. The molecule has 0 radical (unpaired) electrons. The van der Waals surface area contributed by atoms with Crippen LogP contribution in [-0.2, 0) is 11.3 Å². The SMILES string of the molecule is CCNC(=NCc1cccc(C)c1)N(C)CCOCC1CC1. The number of aryl methyl sites for hydroxylation is 1. The van der Waals surface area contributed by atoms with E-state index in [4.69, 9.17) is 9.73 Å². The maximum Gasteiger partial charge on any atom is 0.194 e. The Morgan fingerprint density at radius 1 is 1.41 bits per heavy atom. The zero-order chi connectivity index (χ0) is 15.8. The fourth-order valence-corrected chi connectivity index (χ4v) is 2.29. The van der Waals surface area contributed by atoms with Gasteiger partial charge in [-0.1, -0.05) is 29.8 Å². The predicted octanol–water partition coefficient (Wildman–Crippen LogP) is 2.82. The second kappa shape index (κ2) is 8.79. The maximum absolute atomic E-state index is 5.71. The third-order valence-corrected chi connectivity index (χ3v) is 3.81. The molecule has 22 heavy (non-hydrogen) atoms. The minimum Gasteiger partial charge on any atom is -0.379 e. The molecule has 0 unspecified atom stereocenters. The first-order valence-electron chi connectivity index (χ1n) is 8.31. The van der Waals surface area contributed by atoms with Crippen molar-refractivity contribution in [2.24, 2.45) is 10.9 Å². The fourth-order valence-electron chi connectivity index (χ4n) is 2.29. The summed E-state index contributed by atoms with van der Waals surface area (Å²) in [6.07, 6.45) is 2.69. The van der Waals surface area contributed by atoms with Gasteiger partial charge in [0.2, 0.25) is 0 Å². The number of likely N-dealkylation sites (N-methyl/N-ethyl adjacent to an activating group) is 1. The van der Waals surface area contributed by atoms with E-state index in [1.165, 1.54) is 24.0 Å². The molecular weight excluding hydrogens is 274 g/mol. The topological polar surface area (TPSA) is 36.9 Å². The zero-order valence-electron chi connectivity index (χ0n) is 14.1. The number of aliphatic imine (C=N–C) groups is 1. The molecule has 1 aliphatic rings. The summed E-state index contributed by atoms with van der Waals surface area (Å²) in [5, 5.41) is 3.35. The summed E-state index contributed by atoms with van der Waals surface area (Å²) in [6, 6.07) is 8.51. The van der Waals surface area contributed by atoms with Gasteiger partial charge in [0.15, 0.2) is 5.96 Å². The van der Waals surface area contributed by atoms with Gasteiger partial charge in [0.25, 0.3) is 0 Å². The van der Waals surface area contributed by atoms with E-state index in [0.29, 0.717) is 6.54 Å². The first-order chi connectivity index (χ1) is 10.7. The summed E-state index contributed by atoms with van der Waals surface area (Å²) in [5.74, 6) is 1.77. The van der Waals surface area contributed by atoms with E-state index in [0.717, 1.165) is 38.2 Å². The van der Waals surface area contributed by atoms with Gasteiger partial charge in [0.05, 0.1) is 13.2 Å². The van der Waals surface area contributed by atoms with Crippen molar-refractivity contribution >= 4 is 5.96 Å². The molecule has 0 bridgehead atoms. The summed E-state index contributed by atoms with van der Waals surface area (Å²) in [6.45, 7) is 8.34. The Kier molecular flexibility index (Phi) is 6.72. The van der Waals surface area contributed by atoms with Crippen LogP contribution in [0, 0.1) is 12.8 Å². The molecule has 0 aromatic heterocycles. The van der Waals surface area contributed by atoms with Crippen molar-refractivity contribution in [3.8, 4) is 0 Å². The molecule has 2 rings (SSSR count). The van der Waals surface area contributed by atoms with Gasteiger partial charge in [-0.25, -0.2) is 4.99 Å². The van der Waals surface area contributed by atoms with Crippen LogP contribution in [0.15, 0.2) is 29.3 Å². The van der Waals surface area contributed by atoms with E-state index in [9.17, 15) is 0 Å². The molecule has 1 N–H and O–H groups in total. The molecule has 122 valence electrons. The van der Waals surface area contributed by atoms with E-state index in [2.05, 4.69) is 55.4 Å². The summed E-state index contributed by atoms with van der Waals surface area (Å²) in [4.78, 5) is 6.87. The lowest BCUT2D eigenvalue weighted by Crippen LogP contribution is -2.40. The van der Waals surface area contributed by atoms with E-state index in [1.807, 2.05) is 0 Å². The van der Waals surface area contributed by atoms with Crippen LogP contribution >= 0.6 is 0 Å². The molecule has 0 saturated heterocycles. The number of benzene rings is 1. The van der Waals surface area contributed by atoms with Gasteiger partial charge in [-0.2, -0.15) is 0 Å². The Morgan fingerprint density at radius 3 is 2.91 bits per heavy atom. The van der Waals surface area contributed by atoms with Gasteiger partial charge in [-0.05, 0) is 38.2 Å². The number of ether oxygens (including phenoxy) is 1. The lowest BCUT2D eigenvalue weighted by Gasteiger charge is -2.22. The minimum atomic E-state index is 0.706. The van der Waals surface area contributed by atoms with Gasteiger partial charge < -0.3 is 15.0 Å². The molecule has 4 nitrogen and oxygen atoms in total. The van der Waals surface area contributed by atoms with E-state index in [1.54, 1.807) is 0 Å². The highest BCUT2D eigenvalue weighted by Gasteiger charge is 2.21. The Morgan fingerprint density at radius 2 is 2.23 bits per heavy atom. The van der Waals surface area contributed by atoms with Crippen molar-refractivity contribution in [2.45, 2.75) is 33.2 Å². The Labute approximate surface area is 134 Å². The normalized spacial score (nSPS) is 15.0.